The van der Waals surface area contributed by atoms with Gasteiger partial charge in [-0.3, -0.25) is 5.41 Å². The molecule has 0 saturated carbocycles. The van der Waals surface area contributed by atoms with Crippen LogP contribution in [0.1, 0.15) is 5.56 Å². The van der Waals surface area contributed by atoms with Gasteiger partial charge in [-0.2, -0.15) is 4.73 Å². The first-order valence-corrected chi connectivity index (χ1v) is 6.05. The summed E-state index contributed by atoms with van der Waals surface area (Å²) in [5.74, 6) is -0.418. The zero-order valence-electron chi connectivity index (χ0n) is 10.1. The molecule has 0 radical (unpaired) electrons. The number of halogens is 2. The predicted molar refractivity (Wildman–Crippen MR) is 69.1 cm³/mol. The van der Waals surface area contributed by atoms with E-state index in [9.17, 15) is 9.60 Å². The van der Waals surface area contributed by atoms with Gasteiger partial charge in [-0.05, 0) is 12.1 Å². The van der Waals surface area contributed by atoms with Gasteiger partial charge >= 0.3 is 0 Å². The third-order valence-corrected chi connectivity index (χ3v) is 3.30. The van der Waals surface area contributed by atoms with Crippen molar-refractivity contribution in [1.82, 2.24) is 19.3 Å². The Balaban J connectivity index is 2.13. The normalized spacial score (nSPS) is 11.1. The summed E-state index contributed by atoms with van der Waals surface area (Å²) in [5, 5.41) is 17.3. The molecule has 2 aromatic heterocycles. The molecule has 0 aliphatic heterocycles. The van der Waals surface area contributed by atoms with E-state index in [4.69, 9.17) is 17.0 Å². The van der Waals surface area contributed by atoms with Crippen molar-refractivity contribution >= 4 is 22.8 Å². The van der Waals surface area contributed by atoms with Crippen molar-refractivity contribution in [2.75, 3.05) is 0 Å². The van der Waals surface area contributed by atoms with Crippen LogP contribution in [0, 0.1) is 11.2 Å². The Hall–Kier alpha value is -2.41. The Bertz CT molecular complexity index is 836. The molecule has 0 atom stereocenters. The summed E-state index contributed by atoms with van der Waals surface area (Å²) in [6.45, 7) is 0.143. The van der Waals surface area contributed by atoms with E-state index >= 15 is 0 Å². The Morgan fingerprint density at radius 3 is 2.85 bits per heavy atom. The SMILES string of the molecule is N=c1c2ncn(Cc3c(F)cccc3Cl)c2ncn1O. The summed E-state index contributed by atoms with van der Waals surface area (Å²) < 4.78 is 15.9. The molecule has 3 rings (SSSR count). The van der Waals surface area contributed by atoms with E-state index < -0.39 is 5.82 Å². The fourth-order valence-electron chi connectivity index (χ4n) is 1.92. The number of hydrogen-bond donors (Lipinski definition) is 2. The molecule has 3 aromatic rings. The second-order valence-electron chi connectivity index (χ2n) is 4.18. The zero-order valence-corrected chi connectivity index (χ0v) is 10.8. The van der Waals surface area contributed by atoms with E-state index in [-0.39, 0.29) is 17.5 Å². The van der Waals surface area contributed by atoms with E-state index in [2.05, 4.69) is 9.97 Å². The van der Waals surface area contributed by atoms with E-state index in [1.807, 2.05) is 0 Å². The molecule has 2 N–H and O–H groups in total. The third-order valence-electron chi connectivity index (χ3n) is 2.94. The van der Waals surface area contributed by atoms with Crippen LogP contribution in [0.5, 0.6) is 0 Å². The number of nitrogens with zero attached hydrogens (tertiary/aromatic N) is 4. The molecule has 6 nitrogen and oxygen atoms in total. The molecule has 0 spiro atoms. The summed E-state index contributed by atoms with van der Waals surface area (Å²) in [5.41, 5.74) is 0.734. The summed E-state index contributed by atoms with van der Waals surface area (Å²) in [7, 11) is 0. The van der Waals surface area contributed by atoms with Crippen LogP contribution in [0.25, 0.3) is 11.2 Å². The number of aromatic nitrogens is 4. The molecule has 8 heteroatoms. The minimum Gasteiger partial charge on any atom is -0.425 e. The van der Waals surface area contributed by atoms with Crippen molar-refractivity contribution in [3.63, 3.8) is 0 Å². The van der Waals surface area contributed by atoms with Gasteiger partial charge in [-0.25, -0.2) is 14.4 Å². The molecule has 0 bridgehead atoms. The van der Waals surface area contributed by atoms with E-state index in [0.29, 0.717) is 21.0 Å². The second kappa shape index (κ2) is 4.61. The average molecular weight is 294 g/mol. The standard InChI is InChI=1S/C12H9ClFN5O/c13-8-2-1-3-9(14)7(8)4-18-5-16-10-11(15)19(20)6-17-12(10)18/h1-3,5-6,15,20H,4H2. The van der Waals surface area contributed by atoms with Crippen LogP contribution in [0.2, 0.25) is 5.02 Å². The van der Waals surface area contributed by atoms with Gasteiger partial charge in [0.2, 0.25) is 0 Å². The van der Waals surface area contributed by atoms with Gasteiger partial charge in [0.1, 0.15) is 12.1 Å². The largest absolute Gasteiger partial charge is 0.425 e. The van der Waals surface area contributed by atoms with Gasteiger partial charge in [-0.15, -0.1) is 0 Å². The molecule has 102 valence electrons. The molecular weight excluding hydrogens is 285 g/mol. The Morgan fingerprint density at radius 1 is 1.30 bits per heavy atom. The highest BCUT2D eigenvalue weighted by Gasteiger charge is 2.12. The molecule has 0 saturated heterocycles. The number of hydrogen-bond acceptors (Lipinski definition) is 4. The number of rotatable bonds is 2. The van der Waals surface area contributed by atoms with E-state index in [1.54, 1.807) is 10.6 Å². The van der Waals surface area contributed by atoms with Crippen LogP contribution < -0.4 is 5.49 Å². The maximum Gasteiger partial charge on any atom is 0.192 e. The molecule has 0 amide bonds. The van der Waals surface area contributed by atoms with Crippen molar-refractivity contribution in [3.8, 4) is 0 Å². The molecule has 0 fully saturated rings. The number of nitrogens with one attached hydrogen (secondary N) is 1. The lowest BCUT2D eigenvalue weighted by Crippen LogP contribution is -2.18. The average Bonchev–Trinajstić information content (AvgIpc) is 2.82. The third kappa shape index (κ3) is 1.92. The Kier molecular flexibility index (Phi) is 2.90. The van der Waals surface area contributed by atoms with Crippen molar-refractivity contribution in [1.29, 1.82) is 5.41 Å². The second-order valence-corrected chi connectivity index (χ2v) is 4.59. The highest BCUT2D eigenvalue weighted by molar-refractivity contribution is 6.31. The van der Waals surface area contributed by atoms with Crippen molar-refractivity contribution in [3.05, 3.63) is 52.7 Å². The zero-order chi connectivity index (χ0) is 14.3. The van der Waals surface area contributed by atoms with Gasteiger partial charge in [0.25, 0.3) is 0 Å². The summed E-state index contributed by atoms with van der Waals surface area (Å²) in [6, 6.07) is 4.46. The van der Waals surface area contributed by atoms with Gasteiger partial charge < -0.3 is 9.77 Å². The predicted octanol–water partition coefficient (Wildman–Crippen LogP) is 1.79. The topological polar surface area (TPSA) is 79.7 Å². The van der Waals surface area contributed by atoms with Crippen LogP contribution in [-0.4, -0.2) is 24.5 Å². The molecule has 1 aromatic carbocycles. The maximum atomic E-state index is 13.8. The smallest absolute Gasteiger partial charge is 0.192 e. The summed E-state index contributed by atoms with van der Waals surface area (Å²) in [4.78, 5) is 7.99. The van der Waals surface area contributed by atoms with Crippen LogP contribution in [0.3, 0.4) is 0 Å². The fraction of sp³-hybridized carbons (Fsp3) is 0.0833. The molecule has 0 unspecified atom stereocenters. The maximum absolute atomic E-state index is 13.8. The lowest BCUT2D eigenvalue weighted by atomic mass is 10.2. The minimum absolute atomic E-state index is 0.143. The van der Waals surface area contributed by atoms with E-state index in [1.165, 1.54) is 18.5 Å². The first-order chi connectivity index (χ1) is 9.58. The van der Waals surface area contributed by atoms with Crippen molar-refractivity contribution in [2.45, 2.75) is 6.54 Å². The minimum atomic E-state index is -0.418. The summed E-state index contributed by atoms with van der Waals surface area (Å²) in [6.07, 6.45) is 2.52. The van der Waals surface area contributed by atoms with E-state index in [0.717, 1.165) is 6.33 Å². The Morgan fingerprint density at radius 2 is 2.10 bits per heavy atom. The number of imidazole rings is 1. The highest BCUT2D eigenvalue weighted by atomic mass is 35.5. The summed E-state index contributed by atoms with van der Waals surface area (Å²) >= 11 is 5.98. The molecule has 0 aliphatic rings. The lowest BCUT2D eigenvalue weighted by molar-refractivity contribution is 0.168. The monoisotopic (exact) mass is 293 g/mol. The van der Waals surface area contributed by atoms with Gasteiger partial charge in [0.05, 0.1) is 12.9 Å². The highest BCUT2D eigenvalue weighted by Crippen LogP contribution is 2.21. The molecule has 2 heterocycles. The first-order valence-electron chi connectivity index (χ1n) is 5.67. The molecule has 0 aliphatic carbocycles. The van der Waals surface area contributed by atoms with Gasteiger partial charge in [0.15, 0.2) is 16.7 Å². The number of fused-ring (bicyclic) bond motifs is 1. The van der Waals surface area contributed by atoms with Crippen molar-refractivity contribution < 1.29 is 9.60 Å². The lowest BCUT2D eigenvalue weighted by Gasteiger charge is -2.07. The molecular formula is C12H9ClFN5O. The van der Waals surface area contributed by atoms with Crippen LogP contribution in [0.4, 0.5) is 4.39 Å². The Labute approximate surface area is 117 Å². The van der Waals surface area contributed by atoms with Gasteiger partial charge in [0, 0.05) is 10.6 Å². The van der Waals surface area contributed by atoms with Gasteiger partial charge in [-0.1, -0.05) is 17.7 Å². The fourth-order valence-corrected chi connectivity index (χ4v) is 2.15. The van der Waals surface area contributed by atoms with Crippen LogP contribution in [0.15, 0.2) is 30.9 Å². The van der Waals surface area contributed by atoms with Crippen LogP contribution >= 0.6 is 11.6 Å². The molecule has 20 heavy (non-hydrogen) atoms. The first kappa shape index (κ1) is 12.6. The number of benzene rings is 1. The van der Waals surface area contributed by atoms with Crippen molar-refractivity contribution in [2.24, 2.45) is 0 Å². The van der Waals surface area contributed by atoms with Crippen LogP contribution in [-0.2, 0) is 6.54 Å². The quantitative estimate of drug-likeness (QED) is 0.707.